The van der Waals surface area contributed by atoms with Gasteiger partial charge in [-0.1, -0.05) is 18.9 Å². The van der Waals surface area contributed by atoms with Crippen LogP contribution in [0.2, 0.25) is 0 Å². The lowest BCUT2D eigenvalue weighted by molar-refractivity contribution is -0.139. The zero-order valence-corrected chi connectivity index (χ0v) is 24.2. The van der Waals surface area contributed by atoms with Crippen LogP contribution in [0.3, 0.4) is 0 Å². The van der Waals surface area contributed by atoms with Gasteiger partial charge in [0.2, 0.25) is 18.6 Å². The van der Waals surface area contributed by atoms with Crippen molar-refractivity contribution >= 4 is 11.8 Å². The number of aliphatic hydroxyl groups excluding tert-OH is 3. The molecule has 0 aromatic heterocycles. The van der Waals surface area contributed by atoms with E-state index in [1.165, 1.54) is 7.11 Å². The maximum Gasteiger partial charge on any atom is 0.247 e. The average Bonchev–Trinajstić information content (AvgIpc) is 3.79. The number of nitrogens with zero attached hydrogens (tertiary/aromatic N) is 1. The molecule has 2 aliphatic carbocycles. The van der Waals surface area contributed by atoms with E-state index in [0.29, 0.717) is 46.1 Å². The van der Waals surface area contributed by atoms with Gasteiger partial charge in [0.25, 0.3) is 0 Å². The summed E-state index contributed by atoms with van der Waals surface area (Å²) in [7, 11) is 1.49. The van der Waals surface area contributed by atoms with Crippen LogP contribution in [-0.4, -0.2) is 77.3 Å². The van der Waals surface area contributed by atoms with Crippen molar-refractivity contribution in [1.29, 1.82) is 0 Å². The Balaban J connectivity index is 1.40. The van der Waals surface area contributed by atoms with Gasteiger partial charge in [-0.25, -0.2) is 0 Å². The number of carbonyl (C=O) groups is 2. The van der Waals surface area contributed by atoms with Gasteiger partial charge in [-0.15, -0.1) is 0 Å². The summed E-state index contributed by atoms with van der Waals surface area (Å²) < 4.78 is 22.9. The average molecular weight is 595 g/mol. The minimum absolute atomic E-state index is 0.0377. The number of aliphatic hydroxyl groups is 3. The van der Waals surface area contributed by atoms with E-state index < -0.39 is 30.1 Å². The van der Waals surface area contributed by atoms with E-state index >= 15 is 0 Å². The van der Waals surface area contributed by atoms with Crippen LogP contribution in [0.5, 0.6) is 23.0 Å². The molecule has 2 heterocycles. The summed E-state index contributed by atoms with van der Waals surface area (Å²) in [5.41, 5.74) is 2.29. The molecule has 0 spiro atoms. The molecule has 43 heavy (non-hydrogen) atoms. The molecular weight excluding hydrogens is 556 g/mol. The third-order valence-electron chi connectivity index (χ3n) is 8.90. The van der Waals surface area contributed by atoms with Crippen molar-refractivity contribution < 1.29 is 43.9 Å². The first-order chi connectivity index (χ1) is 20.9. The van der Waals surface area contributed by atoms with E-state index in [1.807, 2.05) is 12.1 Å². The number of hydrogen-bond acceptors (Lipinski definition) is 9. The Hall–Kier alpha value is -3.80. The molecule has 11 nitrogen and oxygen atoms in total. The molecule has 1 fully saturated rings. The lowest BCUT2D eigenvalue weighted by Gasteiger charge is -2.41. The number of hydrogen-bond donors (Lipinski definition) is 4. The Morgan fingerprint density at radius 3 is 2.60 bits per heavy atom. The molecule has 0 saturated heterocycles. The molecule has 0 radical (unpaired) electrons. The summed E-state index contributed by atoms with van der Waals surface area (Å²) in [5, 5.41) is 33.9. The van der Waals surface area contributed by atoms with E-state index in [-0.39, 0.29) is 44.9 Å². The molecule has 0 bridgehead atoms. The van der Waals surface area contributed by atoms with E-state index in [1.54, 1.807) is 29.2 Å². The Morgan fingerprint density at radius 2 is 1.86 bits per heavy atom. The van der Waals surface area contributed by atoms with Gasteiger partial charge in [0.05, 0.1) is 32.3 Å². The van der Waals surface area contributed by atoms with Crippen molar-refractivity contribution in [2.75, 3.05) is 27.1 Å². The summed E-state index contributed by atoms with van der Waals surface area (Å²) in [6.45, 7) is -0.155. The van der Waals surface area contributed by atoms with Crippen molar-refractivity contribution in [2.45, 2.75) is 69.4 Å². The van der Waals surface area contributed by atoms with Crippen LogP contribution in [0.4, 0.5) is 0 Å². The maximum absolute atomic E-state index is 14.0. The van der Waals surface area contributed by atoms with Gasteiger partial charge in [0.1, 0.15) is 12.2 Å². The van der Waals surface area contributed by atoms with Gasteiger partial charge in [-0.2, -0.15) is 0 Å². The number of carbonyl (C=O) groups excluding carboxylic acids is 2. The molecule has 6 rings (SSSR count). The third-order valence-corrected chi connectivity index (χ3v) is 8.90. The van der Waals surface area contributed by atoms with Gasteiger partial charge in [-0.05, 0) is 60.2 Å². The molecule has 4 aliphatic rings. The molecule has 4 unspecified atom stereocenters. The summed E-state index contributed by atoms with van der Waals surface area (Å²) in [4.78, 5) is 29.3. The lowest BCUT2D eigenvalue weighted by Crippen LogP contribution is -2.55. The van der Waals surface area contributed by atoms with Gasteiger partial charge in [0, 0.05) is 30.6 Å². The fourth-order valence-electron chi connectivity index (χ4n) is 6.79. The van der Waals surface area contributed by atoms with Gasteiger partial charge < -0.3 is 44.5 Å². The SMILES string of the molecule is COc1cc(CO)cc2c1OC1C2C(C(=O)NCCO)=CC(N(Cc2ccc3c(c2)OCO3)C(=O)CC2CCCC2)C1O. The molecule has 11 heteroatoms. The Morgan fingerprint density at radius 1 is 1.07 bits per heavy atom. The topological polar surface area (TPSA) is 147 Å². The molecule has 2 amide bonds. The predicted molar refractivity (Wildman–Crippen MR) is 154 cm³/mol. The normalized spacial score (nSPS) is 23.7. The molecule has 2 aromatic rings. The number of rotatable bonds is 10. The van der Waals surface area contributed by atoms with Crippen molar-refractivity contribution in [3.8, 4) is 23.0 Å². The molecule has 2 aliphatic heterocycles. The minimum atomic E-state index is -1.18. The number of ether oxygens (including phenoxy) is 4. The van der Waals surface area contributed by atoms with E-state index in [4.69, 9.17) is 18.9 Å². The first kappa shape index (κ1) is 29.3. The molecule has 4 atom stereocenters. The lowest BCUT2D eigenvalue weighted by atomic mass is 9.77. The first-order valence-corrected chi connectivity index (χ1v) is 14.9. The monoisotopic (exact) mass is 594 g/mol. The van der Waals surface area contributed by atoms with Gasteiger partial charge in [-0.3, -0.25) is 9.59 Å². The van der Waals surface area contributed by atoms with Crippen LogP contribution in [-0.2, 0) is 22.7 Å². The summed E-state index contributed by atoms with van der Waals surface area (Å²) in [6, 6.07) is 8.02. The van der Waals surface area contributed by atoms with Crippen molar-refractivity contribution in [3.63, 3.8) is 0 Å². The molecule has 4 N–H and O–H groups in total. The number of nitrogens with one attached hydrogen (secondary N) is 1. The fraction of sp³-hybridized carbons (Fsp3) is 0.500. The highest BCUT2D eigenvalue weighted by molar-refractivity contribution is 5.96. The minimum Gasteiger partial charge on any atom is -0.493 e. The summed E-state index contributed by atoms with van der Waals surface area (Å²) in [5.74, 6) is 1.02. The second-order valence-electron chi connectivity index (χ2n) is 11.6. The van der Waals surface area contributed by atoms with Crippen LogP contribution in [0, 0.1) is 5.92 Å². The molecule has 2 aromatic carbocycles. The summed E-state index contributed by atoms with van der Waals surface area (Å²) >= 11 is 0. The Bertz CT molecular complexity index is 1400. The van der Waals surface area contributed by atoms with E-state index in [0.717, 1.165) is 31.2 Å². The van der Waals surface area contributed by atoms with Crippen molar-refractivity contribution in [1.82, 2.24) is 10.2 Å². The second kappa shape index (κ2) is 12.4. The predicted octanol–water partition coefficient (Wildman–Crippen LogP) is 2.15. The Kier molecular flexibility index (Phi) is 8.47. The number of benzene rings is 2. The number of fused-ring (bicyclic) bond motifs is 4. The highest BCUT2D eigenvalue weighted by Gasteiger charge is 2.51. The van der Waals surface area contributed by atoms with Gasteiger partial charge >= 0.3 is 0 Å². The highest BCUT2D eigenvalue weighted by Crippen LogP contribution is 2.51. The van der Waals surface area contributed by atoms with Crippen molar-refractivity contribution in [2.24, 2.45) is 5.92 Å². The van der Waals surface area contributed by atoms with Crippen LogP contribution < -0.4 is 24.3 Å². The number of amides is 2. The molecular formula is C32H38N2O9. The standard InChI is InChI=1S/C32H38N2O9/c1-40-26-12-20(16-36)10-21-28-22(32(39)33-8-9-35)14-23(29(38)31(28)43-30(21)26)34(27(37)13-18-4-2-3-5-18)15-19-6-7-24-25(11-19)42-17-41-24/h6-7,10-12,14,18,23,28-29,31,35-36,38H,2-5,8-9,13,15-17H2,1H3,(H,33,39). The second-order valence-corrected chi connectivity index (χ2v) is 11.6. The zero-order chi connectivity index (χ0) is 30.1. The Labute approximate surface area is 250 Å². The zero-order valence-electron chi connectivity index (χ0n) is 24.2. The smallest absolute Gasteiger partial charge is 0.247 e. The quantitative estimate of drug-likeness (QED) is 0.325. The third kappa shape index (κ3) is 5.64. The summed E-state index contributed by atoms with van der Waals surface area (Å²) in [6.07, 6.45) is 4.07. The number of methoxy groups -OCH3 is 1. The van der Waals surface area contributed by atoms with E-state index in [9.17, 15) is 24.9 Å². The first-order valence-electron chi connectivity index (χ1n) is 14.9. The maximum atomic E-state index is 14.0. The van der Waals surface area contributed by atoms with Crippen LogP contribution in [0.15, 0.2) is 42.0 Å². The van der Waals surface area contributed by atoms with Crippen LogP contribution in [0.1, 0.15) is 54.7 Å². The van der Waals surface area contributed by atoms with Crippen LogP contribution >= 0.6 is 0 Å². The largest absolute Gasteiger partial charge is 0.493 e. The van der Waals surface area contributed by atoms with E-state index in [2.05, 4.69) is 5.32 Å². The molecule has 230 valence electrons. The van der Waals surface area contributed by atoms with Crippen molar-refractivity contribution in [3.05, 3.63) is 58.7 Å². The molecule has 1 saturated carbocycles. The highest BCUT2D eigenvalue weighted by atomic mass is 16.7. The van der Waals surface area contributed by atoms with Gasteiger partial charge in [0.15, 0.2) is 23.0 Å². The fourth-order valence-corrected chi connectivity index (χ4v) is 6.79. The van der Waals surface area contributed by atoms with Crippen LogP contribution in [0.25, 0.3) is 0 Å².